The number of hydrazone groups is 1. The summed E-state index contributed by atoms with van der Waals surface area (Å²) in [6, 6.07) is 14.7. The molecule has 1 aliphatic heterocycles. The highest BCUT2D eigenvalue weighted by molar-refractivity contribution is 6.01. The van der Waals surface area contributed by atoms with Gasteiger partial charge >= 0.3 is 12.0 Å². The zero-order valence-electron chi connectivity index (χ0n) is 17.9. The Morgan fingerprint density at radius 3 is 2.59 bits per heavy atom. The number of urea groups is 1. The zero-order chi connectivity index (χ0) is 22.9. The predicted octanol–water partition coefficient (Wildman–Crippen LogP) is 2.08. The summed E-state index contributed by atoms with van der Waals surface area (Å²) < 4.78 is 5.03. The number of rotatable bonds is 8. The summed E-state index contributed by atoms with van der Waals surface area (Å²) >= 11 is 0. The van der Waals surface area contributed by atoms with E-state index in [9.17, 15) is 14.4 Å². The Morgan fingerprint density at radius 2 is 1.94 bits per heavy atom. The maximum absolute atomic E-state index is 12.8. The number of nitrogens with zero attached hydrogens (tertiary/aromatic N) is 2. The first-order chi connectivity index (χ1) is 15.5. The van der Waals surface area contributed by atoms with Crippen molar-refractivity contribution in [1.29, 1.82) is 0 Å². The van der Waals surface area contributed by atoms with Crippen molar-refractivity contribution in [1.82, 2.24) is 10.6 Å². The minimum atomic E-state index is -0.653. The molecule has 0 bridgehead atoms. The monoisotopic (exact) mass is 437 g/mol. The van der Waals surface area contributed by atoms with Crippen molar-refractivity contribution >= 4 is 29.8 Å². The number of benzene rings is 2. The highest BCUT2D eigenvalue weighted by Gasteiger charge is 2.34. The number of carbonyl (C=O) groups is 3. The quantitative estimate of drug-likeness (QED) is 0.252. The van der Waals surface area contributed by atoms with Crippen molar-refractivity contribution in [2.45, 2.75) is 31.8 Å². The van der Waals surface area contributed by atoms with Crippen LogP contribution >= 0.6 is 0 Å². The number of hydrogen-bond acceptors (Lipinski definition) is 6. The molecule has 3 amide bonds. The minimum absolute atomic E-state index is 0.00549. The van der Waals surface area contributed by atoms with Crippen molar-refractivity contribution in [3.63, 3.8) is 0 Å². The van der Waals surface area contributed by atoms with Gasteiger partial charge in [-0.2, -0.15) is 5.10 Å². The third-order valence-corrected chi connectivity index (χ3v) is 5.12. The van der Waals surface area contributed by atoms with Gasteiger partial charge in [0, 0.05) is 12.2 Å². The number of nitrogens with two attached hydrogens (primary N) is 1. The molecule has 0 aromatic heterocycles. The van der Waals surface area contributed by atoms with E-state index in [0.717, 1.165) is 16.8 Å². The number of amides is 3. The molecule has 1 saturated heterocycles. The Bertz CT molecular complexity index is 962. The predicted molar refractivity (Wildman–Crippen MR) is 121 cm³/mol. The van der Waals surface area contributed by atoms with E-state index in [1.165, 1.54) is 6.21 Å². The Hall–Kier alpha value is -3.88. The van der Waals surface area contributed by atoms with Crippen LogP contribution in [0.15, 0.2) is 59.7 Å². The van der Waals surface area contributed by atoms with Crippen LogP contribution < -0.4 is 21.4 Å². The van der Waals surface area contributed by atoms with Gasteiger partial charge in [-0.25, -0.2) is 4.79 Å². The van der Waals surface area contributed by atoms with Gasteiger partial charge in [-0.3, -0.25) is 9.59 Å². The summed E-state index contributed by atoms with van der Waals surface area (Å²) in [6.07, 6.45) is 1.99. The average molecular weight is 438 g/mol. The first-order valence-electron chi connectivity index (χ1n) is 10.4. The fourth-order valence-corrected chi connectivity index (χ4v) is 3.58. The molecule has 0 radical (unpaired) electrons. The van der Waals surface area contributed by atoms with E-state index < -0.39 is 24.1 Å². The van der Waals surface area contributed by atoms with Gasteiger partial charge in [0.15, 0.2) is 0 Å². The number of carbonyl (C=O) groups excluding carboxylic acids is 3. The van der Waals surface area contributed by atoms with E-state index in [4.69, 9.17) is 10.6 Å². The standard InChI is InChI=1S/C23H27N5O4/c1-2-32-21(29)14-20(17-6-4-3-5-7-17)27-23(31)26-19-12-13-28(22(19)30)18-10-8-16(9-11-18)15-25-24/h3-11,15,19-20H,2,12-14,24H2,1H3,(H2,26,27,31)/t19-,20-/m0/s1. The first kappa shape index (κ1) is 22.8. The molecule has 9 heteroatoms. The summed E-state index contributed by atoms with van der Waals surface area (Å²) in [4.78, 5) is 39.1. The SMILES string of the molecule is CCOC(=O)C[C@H](NC(=O)N[C@H]1CCN(c2ccc(C=NN)cc2)C1=O)c1ccccc1. The van der Waals surface area contributed by atoms with Gasteiger partial charge in [-0.1, -0.05) is 42.5 Å². The van der Waals surface area contributed by atoms with Gasteiger partial charge in [0.25, 0.3) is 0 Å². The number of ether oxygens (including phenoxy) is 1. The third kappa shape index (κ3) is 5.84. The third-order valence-electron chi connectivity index (χ3n) is 5.12. The molecule has 3 rings (SSSR count). The lowest BCUT2D eigenvalue weighted by Gasteiger charge is -2.21. The van der Waals surface area contributed by atoms with E-state index in [1.807, 2.05) is 54.6 Å². The molecule has 0 spiro atoms. The number of nitrogens with one attached hydrogen (secondary N) is 2. The number of esters is 1. The lowest BCUT2D eigenvalue weighted by molar-refractivity contribution is -0.143. The van der Waals surface area contributed by atoms with Gasteiger partial charge in [0.1, 0.15) is 6.04 Å². The molecule has 168 valence electrons. The molecule has 0 saturated carbocycles. The minimum Gasteiger partial charge on any atom is -0.466 e. The number of anilines is 1. The molecule has 2 aromatic carbocycles. The summed E-state index contributed by atoms with van der Waals surface area (Å²) in [5, 5.41) is 9.01. The van der Waals surface area contributed by atoms with Crippen LogP contribution in [0.4, 0.5) is 10.5 Å². The van der Waals surface area contributed by atoms with E-state index in [-0.39, 0.29) is 18.9 Å². The summed E-state index contributed by atoms with van der Waals surface area (Å²) in [5.41, 5.74) is 2.33. The van der Waals surface area contributed by atoms with Crippen LogP contribution in [-0.4, -0.2) is 43.3 Å². The fourth-order valence-electron chi connectivity index (χ4n) is 3.58. The molecule has 1 fully saturated rings. The second-order valence-corrected chi connectivity index (χ2v) is 7.29. The van der Waals surface area contributed by atoms with Gasteiger partial charge in [-0.05, 0) is 36.6 Å². The van der Waals surface area contributed by atoms with Crippen LogP contribution in [0.25, 0.3) is 0 Å². The van der Waals surface area contributed by atoms with Crippen LogP contribution in [0.1, 0.15) is 36.9 Å². The van der Waals surface area contributed by atoms with Gasteiger partial charge in [0.05, 0.1) is 25.3 Å². The summed E-state index contributed by atoms with van der Waals surface area (Å²) in [6.45, 7) is 2.48. The second-order valence-electron chi connectivity index (χ2n) is 7.29. The van der Waals surface area contributed by atoms with E-state index in [1.54, 1.807) is 11.8 Å². The maximum atomic E-state index is 12.8. The van der Waals surface area contributed by atoms with Crippen molar-refractivity contribution < 1.29 is 19.1 Å². The Balaban J connectivity index is 1.62. The van der Waals surface area contributed by atoms with Crippen LogP contribution in [0, 0.1) is 0 Å². The lowest BCUT2D eigenvalue weighted by atomic mass is 10.0. The first-order valence-corrected chi connectivity index (χ1v) is 10.4. The molecule has 0 unspecified atom stereocenters. The highest BCUT2D eigenvalue weighted by Crippen LogP contribution is 2.22. The van der Waals surface area contributed by atoms with Gasteiger partial charge in [0.2, 0.25) is 5.91 Å². The maximum Gasteiger partial charge on any atom is 0.315 e. The molecular formula is C23H27N5O4. The molecule has 9 nitrogen and oxygen atoms in total. The molecule has 2 atom stereocenters. The van der Waals surface area contributed by atoms with Crippen molar-refractivity contribution in [3.8, 4) is 0 Å². The largest absolute Gasteiger partial charge is 0.466 e. The van der Waals surface area contributed by atoms with Gasteiger partial charge in [-0.15, -0.1) is 0 Å². The fraction of sp³-hybridized carbons (Fsp3) is 0.304. The highest BCUT2D eigenvalue weighted by atomic mass is 16.5. The normalized spacial score (nSPS) is 16.7. The molecular weight excluding hydrogens is 410 g/mol. The van der Waals surface area contributed by atoms with Crippen LogP contribution in [0.2, 0.25) is 0 Å². The average Bonchev–Trinajstić information content (AvgIpc) is 3.15. The van der Waals surface area contributed by atoms with Crippen molar-refractivity contribution in [2.75, 3.05) is 18.1 Å². The van der Waals surface area contributed by atoms with Gasteiger partial charge < -0.3 is 26.1 Å². The van der Waals surface area contributed by atoms with E-state index in [2.05, 4.69) is 15.7 Å². The van der Waals surface area contributed by atoms with E-state index >= 15 is 0 Å². The number of hydrogen-bond donors (Lipinski definition) is 3. The molecule has 2 aromatic rings. The molecule has 1 heterocycles. The molecule has 32 heavy (non-hydrogen) atoms. The van der Waals surface area contributed by atoms with Crippen LogP contribution in [0.3, 0.4) is 0 Å². The van der Waals surface area contributed by atoms with Crippen molar-refractivity contribution in [3.05, 3.63) is 65.7 Å². The summed E-state index contributed by atoms with van der Waals surface area (Å²) in [5.74, 6) is 4.55. The molecule has 0 aliphatic carbocycles. The van der Waals surface area contributed by atoms with Crippen molar-refractivity contribution in [2.24, 2.45) is 10.9 Å². The lowest BCUT2D eigenvalue weighted by Crippen LogP contribution is -2.47. The van der Waals surface area contributed by atoms with Crippen LogP contribution in [0.5, 0.6) is 0 Å². The Morgan fingerprint density at radius 1 is 1.22 bits per heavy atom. The summed E-state index contributed by atoms with van der Waals surface area (Å²) in [7, 11) is 0. The molecule has 1 aliphatic rings. The molecule has 4 N–H and O–H groups in total. The van der Waals surface area contributed by atoms with E-state index in [0.29, 0.717) is 13.0 Å². The second kappa shape index (κ2) is 10.9. The van der Waals surface area contributed by atoms with Crippen LogP contribution in [-0.2, 0) is 14.3 Å². The zero-order valence-corrected chi connectivity index (χ0v) is 17.9. The Labute approximate surface area is 186 Å². The Kier molecular flexibility index (Phi) is 7.80. The smallest absolute Gasteiger partial charge is 0.315 e. The topological polar surface area (TPSA) is 126 Å².